The molecule has 0 aliphatic heterocycles. The summed E-state index contributed by atoms with van der Waals surface area (Å²) in [7, 11) is 0. The number of nitrogens with zero attached hydrogens (tertiary/aromatic N) is 1. The molecule has 0 bridgehead atoms. The summed E-state index contributed by atoms with van der Waals surface area (Å²) < 4.78 is 0. The maximum Gasteiger partial charge on any atom is 0.0299 e. The minimum absolute atomic E-state index is 1.06. The van der Waals surface area contributed by atoms with Crippen molar-refractivity contribution in [3.63, 3.8) is 0 Å². The molecule has 1 heteroatoms. The van der Waals surface area contributed by atoms with Gasteiger partial charge in [-0.3, -0.25) is 4.98 Å². The lowest BCUT2D eigenvalue weighted by Gasteiger charge is -2.17. The van der Waals surface area contributed by atoms with Gasteiger partial charge in [-0.25, -0.2) is 0 Å². The summed E-state index contributed by atoms with van der Waals surface area (Å²) in [4.78, 5) is 4.23. The molecule has 2 aromatic carbocycles. The van der Waals surface area contributed by atoms with Crippen LogP contribution in [0.3, 0.4) is 0 Å². The summed E-state index contributed by atoms with van der Waals surface area (Å²) in [6.07, 6.45) is 9.47. The predicted molar refractivity (Wildman–Crippen MR) is 101 cm³/mol. The Bertz CT molecular complexity index is 692. The molecule has 0 saturated carbocycles. The summed E-state index contributed by atoms with van der Waals surface area (Å²) in [5, 5.41) is 0. The molecule has 121 valence electrons. The van der Waals surface area contributed by atoms with Crippen molar-refractivity contribution in [2.45, 2.75) is 32.1 Å². The highest BCUT2D eigenvalue weighted by molar-refractivity contribution is 5.31. The fourth-order valence-corrected chi connectivity index (χ4v) is 3.08. The Labute approximate surface area is 145 Å². The van der Waals surface area contributed by atoms with Crippen LogP contribution in [0.5, 0.6) is 0 Å². The molecule has 0 fully saturated rings. The van der Waals surface area contributed by atoms with Crippen LogP contribution in [0.25, 0.3) is 0 Å². The van der Waals surface area contributed by atoms with Gasteiger partial charge in [0.2, 0.25) is 0 Å². The van der Waals surface area contributed by atoms with Crippen LogP contribution in [0.15, 0.2) is 85.2 Å². The molecule has 1 nitrogen and oxygen atoms in total. The van der Waals surface area contributed by atoms with Gasteiger partial charge in [0, 0.05) is 18.3 Å². The second kappa shape index (κ2) is 9.02. The highest BCUT2D eigenvalue weighted by Gasteiger charge is 2.12. The Balaban J connectivity index is 1.59. The zero-order valence-electron chi connectivity index (χ0n) is 14.1. The number of pyridine rings is 1. The zero-order chi connectivity index (χ0) is 16.5. The Morgan fingerprint density at radius 1 is 0.667 bits per heavy atom. The topological polar surface area (TPSA) is 12.9 Å². The van der Waals surface area contributed by atoms with E-state index in [1.165, 1.54) is 23.1 Å². The number of aromatic nitrogens is 1. The lowest BCUT2D eigenvalue weighted by atomic mass is 9.88. The minimum Gasteiger partial charge on any atom is -0.264 e. The molecule has 3 aromatic rings. The molecule has 0 amide bonds. The van der Waals surface area contributed by atoms with Gasteiger partial charge in [-0.05, 0) is 54.9 Å². The van der Waals surface area contributed by atoms with Crippen molar-refractivity contribution in [1.29, 1.82) is 0 Å². The number of hydrogen-bond donors (Lipinski definition) is 0. The molecule has 0 unspecified atom stereocenters. The number of hydrogen-bond acceptors (Lipinski definition) is 1. The summed E-state index contributed by atoms with van der Waals surface area (Å²) in [5.41, 5.74) is 4.13. The van der Waals surface area contributed by atoms with E-state index < -0.39 is 0 Å². The second-order valence-electron chi connectivity index (χ2n) is 6.17. The molecule has 0 saturated heterocycles. The van der Waals surface area contributed by atoms with Crippen LogP contribution < -0.4 is 0 Å². The maximum absolute atomic E-state index is 4.23. The fraction of sp³-hybridized carbons (Fsp3) is 0.217. The Kier molecular flexibility index (Phi) is 6.18. The van der Waals surface area contributed by atoms with E-state index in [2.05, 4.69) is 71.7 Å². The van der Waals surface area contributed by atoms with Gasteiger partial charge in [-0.1, -0.05) is 66.7 Å². The van der Waals surface area contributed by atoms with E-state index in [1.807, 2.05) is 18.5 Å². The van der Waals surface area contributed by atoms with Crippen LogP contribution in [-0.2, 0) is 12.8 Å². The monoisotopic (exact) mass is 314 g/mol. The van der Waals surface area contributed by atoms with Crippen molar-refractivity contribution in [1.82, 2.24) is 4.98 Å². The largest absolute Gasteiger partial charge is 0.264 e. The molecular formula is C23H24N. The molecule has 1 aromatic heterocycles. The predicted octanol–water partition coefficient (Wildman–Crippen LogP) is 5.66. The quantitative estimate of drug-likeness (QED) is 0.523. The van der Waals surface area contributed by atoms with Crippen molar-refractivity contribution in [2.75, 3.05) is 0 Å². The Morgan fingerprint density at radius 2 is 1.38 bits per heavy atom. The second-order valence-corrected chi connectivity index (χ2v) is 6.17. The lowest BCUT2D eigenvalue weighted by Crippen LogP contribution is -2.03. The Morgan fingerprint density at radius 3 is 2.08 bits per heavy atom. The molecule has 0 N–H and O–H groups in total. The van der Waals surface area contributed by atoms with E-state index >= 15 is 0 Å². The lowest BCUT2D eigenvalue weighted by molar-refractivity contribution is 0.698. The molecule has 0 spiro atoms. The van der Waals surface area contributed by atoms with Crippen LogP contribution in [0.2, 0.25) is 0 Å². The first kappa shape index (κ1) is 16.4. The normalized spacial score (nSPS) is 10.9. The van der Waals surface area contributed by atoms with Crippen LogP contribution in [-0.4, -0.2) is 4.98 Å². The third-order valence-electron chi connectivity index (χ3n) is 4.41. The Hall–Kier alpha value is -2.41. The van der Waals surface area contributed by atoms with Crippen molar-refractivity contribution >= 4 is 0 Å². The molecule has 0 aliphatic carbocycles. The standard InChI is InChI=1S/C23H24N/c1-3-9-20(10-4-1)11-7-15-23(22-13-5-2-6-14-22)17-16-21-12-8-18-24-19-21/h1-6,8-10,12-14,18-19H,7,11,15-17H2. The minimum atomic E-state index is 1.06. The highest BCUT2D eigenvalue weighted by Crippen LogP contribution is 2.26. The van der Waals surface area contributed by atoms with E-state index in [-0.39, 0.29) is 0 Å². The molecule has 0 atom stereocenters. The average Bonchev–Trinajstić information content (AvgIpc) is 2.67. The summed E-state index contributed by atoms with van der Waals surface area (Å²) in [6.45, 7) is 0. The van der Waals surface area contributed by atoms with E-state index in [1.54, 1.807) is 5.92 Å². The molecular weight excluding hydrogens is 290 g/mol. The molecule has 0 aliphatic rings. The third-order valence-corrected chi connectivity index (χ3v) is 4.41. The van der Waals surface area contributed by atoms with Gasteiger partial charge in [0.15, 0.2) is 0 Å². The van der Waals surface area contributed by atoms with Crippen molar-refractivity contribution in [3.05, 3.63) is 108 Å². The van der Waals surface area contributed by atoms with Gasteiger partial charge in [0.25, 0.3) is 0 Å². The number of benzene rings is 2. The third kappa shape index (κ3) is 5.06. The first-order valence-corrected chi connectivity index (χ1v) is 8.75. The summed E-state index contributed by atoms with van der Waals surface area (Å²) in [6, 6.07) is 25.8. The van der Waals surface area contributed by atoms with E-state index in [0.29, 0.717) is 0 Å². The van der Waals surface area contributed by atoms with Crippen LogP contribution >= 0.6 is 0 Å². The molecule has 1 heterocycles. The summed E-state index contributed by atoms with van der Waals surface area (Å²) >= 11 is 0. The van der Waals surface area contributed by atoms with Crippen molar-refractivity contribution in [3.8, 4) is 0 Å². The van der Waals surface area contributed by atoms with Crippen LogP contribution in [0.1, 0.15) is 36.0 Å². The smallest absolute Gasteiger partial charge is 0.0299 e. The summed E-state index contributed by atoms with van der Waals surface area (Å²) in [5.74, 6) is 1.55. The number of aryl methyl sites for hydroxylation is 2. The average molecular weight is 314 g/mol. The molecule has 1 radical (unpaired) electrons. The van der Waals surface area contributed by atoms with Gasteiger partial charge in [-0.2, -0.15) is 0 Å². The maximum atomic E-state index is 4.23. The zero-order valence-corrected chi connectivity index (χ0v) is 14.1. The van der Waals surface area contributed by atoms with Gasteiger partial charge in [0.05, 0.1) is 0 Å². The SMILES string of the molecule is c1ccc(CCC[C](CCc2cccnc2)c2ccccc2)cc1. The van der Waals surface area contributed by atoms with Gasteiger partial charge in [0.1, 0.15) is 0 Å². The van der Waals surface area contributed by atoms with Gasteiger partial charge >= 0.3 is 0 Å². The van der Waals surface area contributed by atoms with Gasteiger partial charge < -0.3 is 0 Å². The van der Waals surface area contributed by atoms with Crippen molar-refractivity contribution in [2.24, 2.45) is 0 Å². The number of rotatable bonds is 8. The van der Waals surface area contributed by atoms with Gasteiger partial charge in [-0.15, -0.1) is 0 Å². The van der Waals surface area contributed by atoms with E-state index in [9.17, 15) is 0 Å². The first-order valence-electron chi connectivity index (χ1n) is 8.75. The van der Waals surface area contributed by atoms with Crippen LogP contribution in [0.4, 0.5) is 0 Å². The van der Waals surface area contributed by atoms with Crippen LogP contribution in [0, 0.1) is 5.92 Å². The van der Waals surface area contributed by atoms with E-state index in [0.717, 1.165) is 25.7 Å². The molecule has 3 rings (SSSR count). The van der Waals surface area contributed by atoms with E-state index in [4.69, 9.17) is 0 Å². The fourth-order valence-electron chi connectivity index (χ4n) is 3.08. The molecule has 24 heavy (non-hydrogen) atoms. The van der Waals surface area contributed by atoms with Crippen molar-refractivity contribution < 1.29 is 0 Å². The first-order chi connectivity index (χ1) is 11.9. The highest BCUT2D eigenvalue weighted by atomic mass is 14.6.